The summed E-state index contributed by atoms with van der Waals surface area (Å²) in [4.78, 5) is 115. The number of aryl methyl sites for hydroxylation is 2. The third kappa shape index (κ3) is 18.2. The Balaban J connectivity index is 0.00000169. The maximum absolute atomic E-state index is 14.3. The smallest absolute Gasteiger partial charge is 0.489 e. The number of carbonyl (C=O) groups excluding carboxylic acids is 4. The van der Waals surface area contributed by atoms with Gasteiger partial charge in [-0.15, -0.1) is 0 Å². The molecule has 0 aliphatic carbocycles. The fraction of sp³-hybridized carbons (Fsp3) is 0.327. The fourth-order valence-corrected chi connectivity index (χ4v) is 8.22. The number of nitrogens with two attached hydrogens (primary N) is 2. The molecule has 0 radical (unpaired) electrons. The molecule has 4 aromatic rings. The Morgan fingerprint density at radius 2 is 0.976 bits per heavy atom. The van der Waals surface area contributed by atoms with Crippen LogP contribution in [0.1, 0.15) is 78.2 Å². The third-order valence-corrected chi connectivity index (χ3v) is 11.9. The Hall–Kier alpha value is -10.0. The molecule has 2 heterocycles. The number of nitrogens with one attached hydrogen (secondary N) is 4. The van der Waals surface area contributed by atoms with Crippen molar-refractivity contribution in [2.45, 2.75) is 56.8 Å². The Labute approximate surface area is 467 Å². The number of rotatable bonds is 21. The molecule has 0 aromatic heterocycles. The molecular formula is C52H55F3N8O20. The Morgan fingerprint density at radius 1 is 0.602 bits per heavy atom. The van der Waals surface area contributed by atoms with E-state index in [1.807, 2.05) is 0 Å². The highest BCUT2D eigenvalue weighted by Gasteiger charge is 2.39. The van der Waals surface area contributed by atoms with Crippen molar-refractivity contribution in [1.82, 2.24) is 9.80 Å². The van der Waals surface area contributed by atoms with Crippen molar-refractivity contribution in [1.29, 1.82) is 10.8 Å². The van der Waals surface area contributed by atoms with Crippen molar-refractivity contribution in [2.24, 2.45) is 11.5 Å². The van der Waals surface area contributed by atoms with Crippen LogP contribution in [0.2, 0.25) is 0 Å². The van der Waals surface area contributed by atoms with Crippen LogP contribution in [0.3, 0.4) is 0 Å². The van der Waals surface area contributed by atoms with Crippen LogP contribution in [0.5, 0.6) is 23.0 Å². The van der Waals surface area contributed by atoms with E-state index >= 15 is 0 Å². The van der Waals surface area contributed by atoms with Gasteiger partial charge in [0.05, 0.1) is 74.7 Å². The minimum Gasteiger partial charge on any atom is -0.489 e. The predicted octanol–water partition coefficient (Wildman–Crippen LogP) is 3.49. The Morgan fingerprint density at radius 3 is 1.30 bits per heavy atom. The number of para-hydroxylation sites is 2. The molecule has 444 valence electrons. The van der Waals surface area contributed by atoms with E-state index in [1.165, 1.54) is 60.7 Å². The van der Waals surface area contributed by atoms with Gasteiger partial charge >= 0.3 is 48.0 Å². The summed E-state index contributed by atoms with van der Waals surface area (Å²) < 4.78 is 66.3. The van der Waals surface area contributed by atoms with Crippen molar-refractivity contribution in [2.75, 3.05) is 63.4 Å². The zero-order valence-electron chi connectivity index (χ0n) is 43.5. The average Bonchev–Trinajstić information content (AvgIpc) is 3.34. The number of hydrogen-bond donors (Lipinski definition) is 11. The first-order valence-corrected chi connectivity index (χ1v) is 24.7. The molecule has 0 saturated carbocycles. The molecule has 13 N–H and O–H groups in total. The van der Waals surface area contributed by atoms with Crippen LogP contribution in [-0.4, -0.2) is 172 Å². The van der Waals surface area contributed by atoms with Crippen molar-refractivity contribution >= 4 is 76.9 Å². The molecule has 4 aromatic carbocycles. The van der Waals surface area contributed by atoms with Crippen molar-refractivity contribution in [3.63, 3.8) is 0 Å². The van der Waals surface area contributed by atoms with Gasteiger partial charge < -0.3 is 85.9 Å². The summed E-state index contributed by atoms with van der Waals surface area (Å²) in [6, 6.07) is 13.5. The molecule has 6 rings (SSSR count). The number of hydrogen-bond acceptors (Lipinski definition) is 17. The monoisotopic (exact) mass is 1170 g/mol. The van der Waals surface area contributed by atoms with Crippen LogP contribution < -0.4 is 41.0 Å². The van der Waals surface area contributed by atoms with Crippen LogP contribution in [0.15, 0.2) is 72.8 Å². The van der Waals surface area contributed by atoms with Crippen molar-refractivity contribution in [3.8, 4) is 23.0 Å². The summed E-state index contributed by atoms with van der Waals surface area (Å²) in [5, 5.41) is 67.1. The number of amides is 2. The molecule has 0 spiro atoms. The maximum atomic E-state index is 14.3. The number of nitrogens with zero attached hydrogens (tertiary/aromatic N) is 2. The second-order valence-corrected chi connectivity index (χ2v) is 17.7. The standard InChI is InChI=1S/C50H54N8O18.C2HF3O2/c51-49(52)55-29-11-13-31-27(23-29)5-3-17-73-41-33(7-1-9-37(41)75-47(31)69)43(63)57(35(45(65)66)25-39(59)60)15-19-71-21-22-72-20-16-58(36(46(67)68)26-40(61)62)44(64)34-8-2-10-38-42(34)74-18-4-6-28-24-30(56-50(53)54)12-14-32(28)48(70)76-38;3-2(4,5)1(6)7/h1-2,7-14,23-24,35-36H,3-6,15-22,25-26H2,(H,59,60)(H,61,62)(H,65,66)(H,67,68)(H4,51,52,55)(H4,53,54,56);(H,6,7)/t35-,36-;/m0./s1. The first-order chi connectivity index (χ1) is 39.3. The lowest BCUT2D eigenvalue weighted by molar-refractivity contribution is -0.192. The van der Waals surface area contributed by atoms with Gasteiger partial charge in [0, 0.05) is 24.5 Å². The minimum atomic E-state index is -5.08. The number of anilines is 2. The van der Waals surface area contributed by atoms with E-state index in [4.69, 9.17) is 60.6 Å². The number of carboxylic acid groups (broad SMARTS) is 5. The lowest BCUT2D eigenvalue weighted by Gasteiger charge is -2.29. The van der Waals surface area contributed by atoms with Crippen molar-refractivity contribution < 1.29 is 110 Å². The summed E-state index contributed by atoms with van der Waals surface area (Å²) in [7, 11) is 0. The van der Waals surface area contributed by atoms with Gasteiger partial charge in [0.25, 0.3) is 11.8 Å². The van der Waals surface area contributed by atoms with Gasteiger partial charge in [-0.2, -0.15) is 13.2 Å². The highest BCUT2D eigenvalue weighted by molar-refractivity contribution is 6.03. The number of benzene rings is 4. The summed E-state index contributed by atoms with van der Waals surface area (Å²) in [6.07, 6.45) is -5.87. The Kier molecular flexibility index (Phi) is 22.6. The SMILES string of the molecule is N=C(N)Nc1ccc2c(c1)CCCOc1c(cccc1C(=O)N(CCOCCOCCN(C(=O)c1cccc3c1OCCCc1cc(NC(=N)N)ccc1C(=O)O3)[C@@H](CC(=O)O)C(=O)O)[C@@H](CC(=O)O)C(=O)O)OC2=O.O=C(O)C(F)(F)F. The van der Waals surface area contributed by atoms with Gasteiger partial charge in [0.2, 0.25) is 0 Å². The van der Waals surface area contributed by atoms with Gasteiger partial charge in [-0.25, -0.2) is 24.0 Å². The van der Waals surface area contributed by atoms with E-state index in [2.05, 4.69) is 10.6 Å². The van der Waals surface area contributed by atoms with Crippen LogP contribution in [0.4, 0.5) is 24.5 Å². The topological polar surface area (TPSA) is 440 Å². The second-order valence-electron chi connectivity index (χ2n) is 17.7. The molecule has 2 atom stereocenters. The Bertz CT molecular complexity index is 2950. The van der Waals surface area contributed by atoms with Gasteiger partial charge in [0.15, 0.2) is 34.9 Å². The minimum absolute atomic E-state index is 0.0115. The highest BCUT2D eigenvalue weighted by Crippen LogP contribution is 2.37. The average molecular weight is 1170 g/mol. The highest BCUT2D eigenvalue weighted by atomic mass is 19.4. The van der Waals surface area contributed by atoms with Gasteiger partial charge in [-0.3, -0.25) is 30.0 Å². The van der Waals surface area contributed by atoms with Crippen LogP contribution in [0, 0.1) is 10.8 Å². The molecule has 2 amide bonds. The molecular weight excluding hydrogens is 1110 g/mol. The molecule has 0 bridgehead atoms. The normalized spacial score (nSPS) is 13.6. The second kappa shape index (κ2) is 29.4. The maximum Gasteiger partial charge on any atom is 0.490 e. The molecule has 28 nitrogen and oxygen atoms in total. The van der Waals surface area contributed by atoms with Crippen molar-refractivity contribution in [3.05, 3.63) is 106 Å². The molecule has 0 unspecified atom stereocenters. The third-order valence-electron chi connectivity index (χ3n) is 11.9. The van der Waals surface area contributed by atoms with Crippen LogP contribution >= 0.6 is 0 Å². The zero-order valence-corrected chi connectivity index (χ0v) is 43.5. The van der Waals surface area contributed by atoms with E-state index in [1.54, 1.807) is 12.1 Å². The number of carbonyl (C=O) groups is 9. The number of esters is 2. The summed E-state index contributed by atoms with van der Waals surface area (Å²) in [5.74, 6) is -14.2. The van der Waals surface area contributed by atoms with E-state index in [0.29, 0.717) is 48.2 Å². The van der Waals surface area contributed by atoms with Crippen LogP contribution in [-0.2, 0) is 46.3 Å². The lowest BCUT2D eigenvalue weighted by Crippen LogP contribution is -2.48. The van der Waals surface area contributed by atoms with Gasteiger partial charge in [-0.1, -0.05) is 12.1 Å². The summed E-state index contributed by atoms with van der Waals surface area (Å²) >= 11 is 0. The summed E-state index contributed by atoms with van der Waals surface area (Å²) in [6.45, 7) is -2.22. The molecule has 0 saturated heterocycles. The van der Waals surface area contributed by atoms with E-state index in [-0.39, 0.29) is 96.8 Å². The zero-order chi connectivity index (χ0) is 61.1. The summed E-state index contributed by atoms with van der Waals surface area (Å²) in [5.41, 5.74) is 12.8. The number of fused-ring (bicyclic) bond motifs is 4. The molecule has 2 aliphatic heterocycles. The predicted molar refractivity (Wildman–Crippen MR) is 279 cm³/mol. The number of halogens is 3. The molecule has 83 heavy (non-hydrogen) atoms. The first-order valence-electron chi connectivity index (χ1n) is 24.7. The number of aliphatic carboxylic acids is 5. The lowest BCUT2D eigenvalue weighted by atomic mass is 10.0. The van der Waals surface area contributed by atoms with E-state index < -0.39 is 97.8 Å². The molecule has 31 heteroatoms. The van der Waals surface area contributed by atoms with E-state index in [9.17, 15) is 72.0 Å². The van der Waals surface area contributed by atoms with Gasteiger partial charge in [0.1, 0.15) is 12.1 Å². The molecule has 0 fully saturated rings. The van der Waals surface area contributed by atoms with E-state index in [0.717, 1.165) is 9.80 Å². The molecule has 2 aliphatic rings. The number of guanidine groups is 2. The quantitative estimate of drug-likeness (QED) is 0.0187. The van der Waals surface area contributed by atoms with Crippen LogP contribution in [0.25, 0.3) is 0 Å². The largest absolute Gasteiger partial charge is 0.490 e. The number of ether oxygens (including phenoxy) is 6. The first kappa shape index (κ1) is 63.8. The number of carboxylic acids is 5. The fourth-order valence-electron chi connectivity index (χ4n) is 8.22. The van der Waals surface area contributed by atoms with Gasteiger partial charge in [-0.05, 0) is 97.5 Å². The number of alkyl halides is 3.